The lowest BCUT2D eigenvalue weighted by Crippen LogP contribution is -2.45. The molecule has 2 saturated heterocycles. The molecule has 0 unspecified atom stereocenters. The van der Waals surface area contributed by atoms with Crippen molar-refractivity contribution >= 4 is 6.08 Å². The van der Waals surface area contributed by atoms with Crippen molar-refractivity contribution in [3.63, 3.8) is 0 Å². The lowest BCUT2D eigenvalue weighted by molar-refractivity contribution is 0.0905. The van der Waals surface area contributed by atoms with Crippen LogP contribution in [0.2, 0.25) is 0 Å². The van der Waals surface area contributed by atoms with Gasteiger partial charge in [0.15, 0.2) is 0 Å². The Morgan fingerprint density at radius 1 is 1.04 bits per heavy atom. The fourth-order valence-corrected chi connectivity index (χ4v) is 4.56. The molecule has 1 aromatic carbocycles. The van der Waals surface area contributed by atoms with Crippen molar-refractivity contribution < 1.29 is 4.39 Å². The first-order chi connectivity index (χ1) is 11.7. The molecule has 0 radical (unpaired) electrons. The van der Waals surface area contributed by atoms with Crippen LogP contribution in [0.5, 0.6) is 0 Å². The Morgan fingerprint density at radius 2 is 1.83 bits per heavy atom. The monoisotopic (exact) mass is 328 g/mol. The molecule has 3 heteroatoms. The predicted molar refractivity (Wildman–Crippen MR) is 97.3 cm³/mol. The van der Waals surface area contributed by atoms with E-state index in [9.17, 15) is 4.39 Å². The molecule has 0 N–H and O–H groups in total. The largest absolute Gasteiger partial charge is 0.302 e. The molecule has 0 amide bonds. The minimum atomic E-state index is -0.165. The van der Waals surface area contributed by atoms with E-state index in [0.717, 1.165) is 18.0 Å². The number of piperidine rings is 1. The van der Waals surface area contributed by atoms with E-state index < -0.39 is 0 Å². The van der Waals surface area contributed by atoms with E-state index in [0.29, 0.717) is 5.41 Å². The molecule has 1 aliphatic carbocycles. The highest BCUT2D eigenvalue weighted by molar-refractivity contribution is 5.48. The molecule has 24 heavy (non-hydrogen) atoms. The standard InChI is InChI=1S/C21H29FN2/c22-20-8-6-18(7-9-20)3-1-12-23-14-11-21(16-23)10-2-13-24(17-21)15-19-4-5-19/h1,3,6-9,19H,2,4-5,10-17H2/b3-1+/t21-/m1/s1. The van der Waals surface area contributed by atoms with Crippen LogP contribution in [-0.2, 0) is 0 Å². The second-order valence-corrected chi connectivity index (χ2v) is 8.22. The molecule has 2 heterocycles. The summed E-state index contributed by atoms with van der Waals surface area (Å²) in [4.78, 5) is 5.35. The summed E-state index contributed by atoms with van der Waals surface area (Å²) in [5, 5.41) is 0. The average molecular weight is 328 g/mol. The van der Waals surface area contributed by atoms with Gasteiger partial charge in [0.2, 0.25) is 0 Å². The number of nitrogens with zero attached hydrogens (tertiary/aromatic N) is 2. The molecule has 0 aromatic heterocycles. The van der Waals surface area contributed by atoms with E-state index >= 15 is 0 Å². The van der Waals surface area contributed by atoms with Gasteiger partial charge in [0.05, 0.1) is 0 Å². The molecule has 3 fully saturated rings. The zero-order valence-corrected chi connectivity index (χ0v) is 14.6. The van der Waals surface area contributed by atoms with Crippen molar-refractivity contribution in [2.45, 2.75) is 32.1 Å². The second kappa shape index (κ2) is 6.97. The van der Waals surface area contributed by atoms with Crippen LogP contribution in [0.4, 0.5) is 4.39 Å². The van der Waals surface area contributed by atoms with Crippen molar-refractivity contribution in [3.05, 3.63) is 41.7 Å². The summed E-state index contributed by atoms with van der Waals surface area (Å²) in [5.74, 6) is 0.845. The van der Waals surface area contributed by atoms with Gasteiger partial charge in [-0.3, -0.25) is 4.90 Å². The highest BCUT2D eigenvalue weighted by Gasteiger charge is 2.41. The van der Waals surface area contributed by atoms with Gasteiger partial charge in [0.25, 0.3) is 0 Å². The van der Waals surface area contributed by atoms with Crippen LogP contribution in [-0.4, -0.2) is 49.1 Å². The minimum absolute atomic E-state index is 0.165. The number of benzene rings is 1. The van der Waals surface area contributed by atoms with Crippen LogP contribution in [0.1, 0.15) is 37.7 Å². The SMILES string of the molecule is Fc1ccc(/C=C/CN2CC[C@]3(CCCN(CC4CC4)C3)C2)cc1. The number of rotatable bonds is 5. The predicted octanol–water partition coefficient (Wildman–Crippen LogP) is 4.04. The lowest BCUT2D eigenvalue weighted by Gasteiger charge is -2.40. The van der Waals surface area contributed by atoms with Gasteiger partial charge in [-0.1, -0.05) is 24.3 Å². The van der Waals surface area contributed by atoms with Gasteiger partial charge in [0.1, 0.15) is 5.82 Å². The van der Waals surface area contributed by atoms with Gasteiger partial charge < -0.3 is 4.90 Å². The summed E-state index contributed by atoms with van der Waals surface area (Å²) >= 11 is 0. The maximum absolute atomic E-state index is 12.9. The summed E-state index contributed by atoms with van der Waals surface area (Å²) in [6, 6.07) is 6.74. The maximum Gasteiger partial charge on any atom is 0.123 e. The third-order valence-corrected chi connectivity index (χ3v) is 6.02. The highest BCUT2D eigenvalue weighted by atomic mass is 19.1. The Balaban J connectivity index is 1.28. The summed E-state index contributed by atoms with van der Waals surface area (Å²) in [5.41, 5.74) is 1.63. The summed E-state index contributed by atoms with van der Waals surface area (Å²) in [6.07, 6.45) is 11.4. The van der Waals surface area contributed by atoms with Gasteiger partial charge in [-0.25, -0.2) is 4.39 Å². The Hall–Kier alpha value is -1.19. The topological polar surface area (TPSA) is 6.48 Å². The van der Waals surface area contributed by atoms with Crippen LogP contribution in [0.3, 0.4) is 0 Å². The van der Waals surface area contributed by atoms with E-state index in [2.05, 4.69) is 22.0 Å². The minimum Gasteiger partial charge on any atom is -0.302 e. The van der Waals surface area contributed by atoms with E-state index in [1.165, 1.54) is 77.0 Å². The Bertz CT molecular complexity index is 578. The van der Waals surface area contributed by atoms with Crippen molar-refractivity contribution in [2.75, 3.05) is 39.3 Å². The second-order valence-electron chi connectivity index (χ2n) is 8.22. The maximum atomic E-state index is 12.9. The van der Waals surface area contributed by atoms with Gasteiger partial charge in [-0.05, 0) is 74.2 Å². The van der Waals surface area contributed by atoms with Crippen LogP contribution in [0.25, 0.3) is 6.08 Å². The van der Waals surface area contributed by atoms with Gasteiger partial charge in [-0.2, -0.15) is 0 Å². The normalized spacial score (nSPS) is 29.0. The van der Waals surface area contributed by atoms with Crippen LogP contribution in [0, 0.1) is 17.2 Å². The molecule has 1 spiro atoms. The average Bonchev–Trinajstić information content (AvgIpc) is 3.31. The Labute approximate surface area is 145 Å². The fourth-order valence-electron chi connectivity index (χ4n) is 4.56. The van der Waals surface area contributed by atoms with E-state index in [1.54, 1.807) is 0 Å². The van der Waals surface area contributed by atoms with Gasteiger partial charge >= 0.3 is 0 Å². The highest BCUT2D eigenvalue weighted by Crippen LogP contribution is 2.40. The van der Waals surface area contributed by atoms with E-state index in [4.69, 9.17) is 0 Å². The number of hydrogen-bond donors (Lipinski definition) is 0. The number of hydrogen-bond acceptors (Lipinski definition) is 2. The zero-order valence-electron chi connectivity index (χ0n) is 14.6. The molecule has 3 aliphatic rings. The van der Waals surface area contributed by atoms with Gasteiger partial charge in [0, 0.05) is 26.2 Å². The molecule has 2 aliphatic heterocycles. The number of halogens is 1. The summed E-state index contributed by atoms with van der Waals surface area (Å²) in [7, 11) is 0. The van der Waals surface area contributed by atoms with Crippen molar-refractivity contribution in [3.8, 4) is 0 Å². The van der Waals surface area contributed by atoms with Crippen molar-refractivity contribution in [1.82, 2.24) is 9.80 Å². The Kier molecular flexibility index (Phi) is 4.73. The summed E-state index contributed by atoms with van der Waals surface area (Å²) in [6.45, 7) is 7.49. The smallest absolute Gasteiger partial charge is 0.123 e. The fraction of sp³-hybridized carbons (Fsp3) is 0.619. The molecule has 4 rings (SSSR count). The van der Waals surface area contributed by atoms with Crippen molar-refractivity contribution in [1.29, 1.82) is 0 Å². The molecule has 1 atom stereocenters. The molecule has 1 saturated carbocycles. The first kappa shape index (κ1) is 16.3. The molecular formula is C21H29FN2. The molecule has 1 aromatic rings. The van der Waals surface area contributed by atoms with Crippen molar-refractivity contribution in [2.24, 2.45) is 11.3 Å². The van der Waals surface area contributed by atoms with Crippen LogP contribution < -0.4 is 0 Å². The lowest BCUT2D eigenvalue weighted by atomic mass is 9.79. The van der Waals surface area contributed by atoms with E-state index in [1.807, 2.05) is 12.1 Å². The molecule has 0 bridgehead atoms. The zero-order chi connectivity index (χ0) is 16.4. The first-order valence-corrected chi connectivity index (χ1v) is 9.58. The summed E-state index contributed by atoms with van der Waals surface area (Å²) < 4.78 is 12.9. The third-order valence-electron chi connectivity index (χ3n) is 6.02. The first-order valence-electron chi connectivity index (χ1n) is 9.58. The molecule has 130 valence electrons. The number of likely N-dealkylation sites (tertiary alicyclic amines) is 2. The van der Waals surface area contributed by atoms with Gasteiger partial charge in [-0.15, -0.1) is 0 Å². The third kappa shape index (κ3) is 4.07. The van der Waals surface area contributed by atoms with E-state index in [-0.39, 0.29) is 5.82 Å². The van der Waals surface area contributed by atoms with Crippen LogP contribution in [0.15, 0.2) is 30.3 Å². The van der Waals surface area contributed by atoms with Crippen LogP contribution >= 0.6 is 0 Å². The quantitative estimate of drug-likeness (QED) is 0.805. The Morgan fingerprint density at radius 3 is 2.62 bits per heavy atom. The molecule has 2 nitrogen and oxygen atoms in total. The molecular weight excluding hydrogens is 299 g/mol.